The van der Waals surface area contributed by atoms with E-state index in [0.29, 0.717) is 66.7 Å². The Hall–Kier alpha value is -3.44. The maximum Gasteiger partial charge on any atom is 0.345 e. The summed E-state index contributed by atoms with van der Waals surface area (Å²) in [7, 11) is -3.41. The van der Waals surface area contributed by atoms with Crippen molar-refractivity contribution >= 4 is 49.9 Å². The number of hydrogen-bond donors (Lipinski definition) is 0. The van der Waals surface area contributed by atoms with Crippen molar-refractivity contribution in [3.63, 3.8) is 0 Å². The zero-order valence-electron chi connectivity index (χ0n) is 32.4. The van der Waals surface area contributed by atoms with Gasteiger partial charge in [0.15, 0.2) is 14.9 Å². The van der Waals surface area contributed by atoms with Gasteiger partial charge in [0.2, 0.25) is 5.88 Å². The molecule has 4 heterocycles. The smallest absolute Gasteiger partial charge is 0.345 e. The topological polar surface area (TPSA) is 99.3 Å². The molecule has 0 bridgehead atoms. The van der Waals surface area contributed by atoms with E-state index in [-0.39, 0.29) is 42.2 Å². The average Bonchev–Trinajstić information content (AvgIpc) is 3.44. The van der Waals surface area contributed by atoms with Gasteiger partial charge in [0, 0.05) is 63.6 Å². The maximum atomic E-state index is 14.7. The summed E-state index contributed by atoms with van der Waals surface area (Å²) in [6, 6.07) is 8.41. The number of nitrogens with zero attached hydrogens (tertiary/aromatic N) is 4. The van der Waals surface area contributed by atoms with Crippen molar-refractivity contribution in [1.29, 1.82) is 0 Å². The highest BCUT2D eigenvalue weighted by molar-refractivity contribution is 6.76. The third-order valence-corrected chi connectivity index (χ3v) is 17.5. The van der Waals surface area contributed by atoms with Crippen LogP contribution in [0.3, 0.4) is 0 Å². The number of halogens is 2. The van der Waals surface area contributed by atoms with E-state index in [4.69, 9.17) is 18.3 Å². The minimum absolute atomic E-state index is 0.0508. The van der Waals surface area contributed by atoms with Crippen LogP contribution >= 0.6 is 0 Å². The first-order valence-corrected chi connectivity index (χ1v) is 25.3. The van der Waals surface area contributed by atoms with Crippen LogP contribution in [0.2, 0.25) is 43.8 Å². The number of fused-ring (bicyclic) bond motifs is 4. The van der Waals surface area contributed by atoms with Crippen molar-refractivity contribution < 1.29 is 31.9 Å². The number of aromatic nitrogens is 2. The molecule has 3 aromatic heterocycles. The van der Waals surface area contributed by atoms with Crippen LogP contribution in [0.4, 0.5) is 14.5 Å². The molecule has 0 unspecified atom stereocenters. The Kier molecular flexibility index (Phi) is 11.4. The van der Waals surface area contributed by atoms with Gasteiger partial charge in [-0.15, -0.1) is 0 Å². The number of amides is 1. The minimum Gasteiger partial charge on any atom is -0.466 e. The van der Waals surface area contributed by atoms with Gasteiger partial charge in [-0.25, -0.2) is 18.6 Å². The normalized spacial score (nSPS) is 18.6. The minimum atomic E-state index is -2.04. The number of carbonyl (C=O) groups excluding carboxylic acids is 1. The number of anilines is 1. The first-order valence-electron chi connectivity index (χ1n) is 18.7. The molecule has 14 heteroatoms. The van der Waals surface area contributed by atoms with E-state index in [1.54, 1.807) is 4.90 Å². The fourth-order valence-corrected chi connectivity index (χ4v) is 8.93. The predicted molar refractivity (Wildman–Crippen MR) is 209 cm³/mol. The molecule has 4 aromatic rings. The van der Waals surface area contributed by atoms with Crippen LogP contribution in [0, 0.1) is 11.6 Å². The molecule has 1 fully saturated rings. The number of pyridine rings is 1. The fourth-order valence-electron chi connectivity index (χ4n) is 7.14. The van der Waals surface area contributed by atoms with Crippen LogP contribution in [0.1, 0.15) is 52.1 Å². The number of rotatable bonds is 13. The second-order valence-electron chi connectivity index (χ2n) is 17.3. The van der Waals surface area contributed by atoms with Crippen LogP contribution in [-0.4, -0.2) is 75.2 Å². The van der Waals surface area contributed by atoms with Gasteiger partial charge in [-0.3, -0.25) is 9.69 Å². The predicted octanol–water partition coefficient (Wildman–Crippen LogP) is 8.29. The average molecular weight is 769 g/mol. The summed E-state index contributed by atoms with van der Waals surface area (Å²) >= 11 is 0. The lowest BCUT2D eigenvalue weighted by Crippen LogP contribution is -2.50. The number of hydrogen-bond acceptors (Lipinski definition) is 8. The molecule has 1 amide bonds. The van der Waals surface area contributed by atoms with Crippen molar-refractivity contribution in [2.24, 2.45) is 0 Å². The van der Waals surface area contributed by atoms with E-state index < -0.39 is 33.7 Å². The van der Waals surface area contributed by atoms with Crippen molar-refractivity contribution in [2.75, 3.05) is 31.3 Å². The Morgan fingerprint density at radius 3 is 2.40 bits per heavy atom. The molecule has 0 atom stereocenters. The lowest BCUT2D eigenvalue weighted by molar-refractivity contribution is -0.122. The molecule has 1 aliphatic heterocycles. The van der Waals surface area contributed by atoms with E-state index in [0.717, 1.165) is 30.8 Å². The number of ether oxygens (including phenoxy) is 2. The molecule has 0 saturated heterocycles. The van der Waals surface area contributed by atoms with Crippen molar-refractivity contribution in [1.82, 2.24) is 14.5 Å². The van der Waals surface area contributed by atoms with Gasteiger partial charge in [-0.05, 0) is 74.1 Å². The summed E-state index contributed by atoms with van der Waals surface area (Å²) in [4.78, 5) is 34.7. The fraction of sp³-hybridized carbons (Fsp3) is 0.564. The first kappa shape index (κ1) is 39.3. The highest BCUT2D eigenvalue weighted by atomic mass is 28.4. The Bertz CT molecular complexity index is 2010. The van der Waals surface area contributed by atoms with Crippen molar-refractivity contribution in [3.05, 3.63) is 64.3 Å². The second kappa shape index (κ2) is 15.4. The Labute approximate surface area is 312 Å². The summed E-state index contributed by atoms with van der Waals surface area (Å²) < 4.78 is 55.1. The van der Waals surface area contributed by atoms with E-state index in [1.165, 1.54) is 24.3 Å². The molecule has 0 radical (unpaired) electrons. The van der Waals surface area contributed by atoms with Crippen LogP contribution in [-0.2, 0) is 27.2 Å². The van der Waals surface area contributed by atoms with Crippen molar-refractivity contribution in [3.8, 4) is 5.88 Å². The van der Waals surface area contributed by atoms with Crippen LogP contribution in [0.25, 0.3) is 21.9 Å². The quantitative estimate of drug-likeness (QED) is 0.0762. The molecule has 288 valence electrons. The molecular formula is C39H54F2N4O6Si2. The molecule has 1 aromatic carbocycles. The molecule has 2 aliphatic rings. The molecule has 53 heavy (non-hydrogen) atoms. The van der Waals surface area contributed by atoms with E-state index in [1.807, 2.05) is 10.6 Å². The summed E-state index contributed by atoms with van der Waals surface area (Å²) in [5, 5.41) is 0.961. The van der Waals surface area contributed by atoms with Crippen molar-refractivity contribution in [2.45, 2.75) is 116 Å². The largest absolute Gasteiger partial charge is 0.466 e. The summed E-state index contributed by atoms with van der Waals surface area (Å²) in [6.07, 6.45) is 4.10. The highest BCUT2D eigenvalue weighted by Gasteiger charge is 2.39. The third kappa shape index (κ3) is 8.77. The van der Waals surface area contributed by atoms with E-state index >= 15 is 0 Å². The van der Waals surface area contributed by atoms with Gasteiger partial charge in [0.25, 0.3) is 5.91 Å². The van der Waals surface area contributed by atoms with Gasteiger partial charge in [-0.2, -0.15) is 0 Å². The zero-order valence-corrected chi connectivity index (χ0v) is 34.4. The second-order valence-corrected chi connectivity index (χ2v) is 27.7. The molecular weight excluding hydrogens is 715 g/mol. The monoisotopic (exact) mass is 768 g/mol. The van der Waals surface area contributed by atoms with Gasteiger partial charge < -0.3 is 27.8 Å². The molecule has 1 aliphatic carbocycles. The van der Waals surface area contributed by atoms with E-state index in [2.05, 4.69) is 63.4 Å². The van der Waals surface area contributed by atoms with Gasteiger partial charge in [0.05, 0.1) is 17.1 Å². The Balaban J connectivity index is 1.31. The highest BCUT2D eigenvalue weighted by Crippen LogP contribution is 2.39. The standard InChI is InChI=1S/C39H54F2N4O6Si2/c1-39(2,3)53(7,8)50-16-15-43(28-10-12-29(13-11-28)45-33-20-27(41)22-42-37(33)49-24-35(45)46)23-30-21-32-36(44(30)25-48-17-18-52(4,5)6)31-19-26(40)9-14-34(31)51-38(32)47/h9,14,19-22,28-29H,10-13,15-18,23-25H2,1-8H3/t28-,29-. The zero-order chi connectivity index (χ0) is 38.3. The summed E-state index contributed by atoms with van der Waals surface area (Å²) in [6.45, 7) is 20.4. The number of benzene rings is 1. The Morgan fingerprint density at radius 1 is 0.962 bits per heavy atom. The van der Waals surface area contributed by atoms with Crippen LogP contribution in [0.15, 0.2) is 45.7 Å². The van der Waals surface area contributed by atoms with Gasteiger partial charge in [0.1, 0.15) is 29.6 Å². The van der Waals surface area contributed by atoms with Gasteiger partial charge >= 0.3 is 5.63 Å². The summed E-state index contributed by atoms with van der Waals surface area (Å²) in [5.41, 5.74) is 1.70. The third-order valence-electron chi connectivity index (χ3n) is 11.2. The van der Waals surface area contributed by atoms with Crippen LogP contribution in [0.5, 0.6) is 5.88 Å². The lowest BCUT2D eigenvalue weighted by Gasteiger charge is -2.42. The maximum absolute atomic E-state index is 14.7. The summed E-state index contributed by atoms with van der Waals surface area (Å²) in [5.74, 6) is -0.857. The lowest BCUT2D eigenvalue weighted by atomic mass is 9.88. The SMILES string of the molecule is CC(C)(C)[Si](C)(C)OCCN(Cc1cc2c(=O)oc3ccc(F)cc3c2n1COCC[Si](C)(C)C)[C@H]1CC[C@H](N2C(=O)COc3ncc(F)cc32)CC1. The van der Waals surface area contributed by atoms with Gasteiger partial charge in [-0.1, -0.05) is 40.4 Å². The molecule has 0 spiro atoms. The molecule has 10 nitrogen and oxygen atoms in total. The van der Waals surface area contributed by atoms with E-state index in [9.17, 15) is 18.4 Å². The molecule has 1 saturated carbocycles. The molecule has 0 N–H and O–H groups in total. The Morgan fingerprint density at radius 2 is 1.70 bits per heavy atom. The first-order chi connectivity index (χ1) is 24.9. The van der Waals surface area contributed by atoms with Crippen LogP contribution < -0.4 is 15.3 Å². The number of carbonyl (C=O) groups is 1. The molecule has 6 rings (SSSR count).